The fourth-order valence-corrected chi connectivity index (χ4v) is 5.16. The van der Waals surface area contributed by atoms with E-state index in [-0.39, 0.29) is 4.90 Å². The van der Waals surface area contributed by atoms with Crippen molar-refractivity contribution in [1.29, 1.82) is 0 Å². The molecule has 0 radical (unpaired) electrons. The van der Waals surface area contributed by atoms with Crippen LogP contribution in [0, 0.1) is 6.92 Å². The van der Waals surface area contributed by atoms with Gasteiger partial charge in [0, 0.05) is 12.1 Å². The Morgan fingerprint density at radius 3 is 2.50 bits per heavy atom. The molecule has 0 aliphatic carbocycles. The molecule has 0 N–H and O–H groups in total. The van der Waals surface area contributed by atoms with Gasteiger partial charge in [0.05, 0.1) is 22.2 Å². The summed E-state index contributed by atoms with van der Waals surface area (Å²) >= 11 is 7.37. The number of hydrogen-bond donors (Lipinski definition) is 0. The van der Waals surface area contributed by atoms with Gasteiger partial charge in [-0.25, -0.2) is 0 Å². The number of sulfonamides is 1. The van der Waals surface area contributed by atoms with Gasteiger partial charge in [-0.3, -0.25) is 0 Å². The molecule has 0 amide bonds. The molecule has 126 valence electrons. The number of hydrogen-bond acceptors (Lipinski definition) is 4. The molecule has 1 aromatic heterocycles. The van der Waals surface area contributed by atoms with Crippen molar-refractivity contribution in [1.82, 2.24) is 4.57 Å². The number of nitrogens with zero attached hydrogens (tertiary/aromatic N) is 2. The average Bonchev–Trinajstić information content (AvgIpc) is 2.82. The van der Waals surface area contributed by atoms with Crippen LogP contribution in [0.25, 0.3) is 10.2 Å². The highest BCUT2D eigenvalue weighted by molar-refractivity contribution is 7.90. The van der Waals surface area contributed by atoms with Gasteiger partial charge in [-0.05, 0) is 48.9 Å². The minimum atomic E-state index is -3.81. The number of aromatic nitrogens is 1. The molecular weight excluding hydrogens is 368 g/mol. The lowest BCUT2D eigenvalue weighted by molar-refractivity contribution is 0.414. The van der Waals surface area contributed by atoms with Crippen molar-refractivity contribution >= 4 is 43.2 Å². The number of aryl methyl sites for hydroxylation is 2. The zero-order chi connectivity index (χ0) is 17.5. The topological polar surface area (TPSA) is 60.7 Å². The normalized spacial score (nSPS) is 12.8. The summed E-state index contributed by atoms with van der Waals surface area (Å²) in [7, 11) is -0.485. The molecule has 0 unspecified atom stereocenters. The van der Waals surface area contributed by atoms with E-state index >= 15 is 0 Å². The lowest BCUT2D eigenvalue weighted by atomic mass is 10.2. The molecule has 2 aromatic carbocycles. The van der Waals surface area contributed by atoms with E-state index < -0.39 is 10.0 Å². The minimum absolute atomic E-state index is 0.121. The van der Waals surface area contributed by atoms with Gasteiger partial charge in [0.15, 0.2) is 0 Å². The van der Waals surface area contributed by atoms with Crippen LogP contribution in [-0.4, -0.2) is 20.1 Å². The molecule has 0 aliphatic rings. The van der Waals surface area contributed by atoms with E-state index in [9.17, 15) is 8.42 Å². The SMILES string of the molecule is COc1ccc(S(=O)(=O)/N=c2\sc3cc(Cl)cc(C)c3n2C)cc1. The van der Waals surface area contributed by atoms with Crippen LogP contribution in [0.2, 0.25) is 5.02 Å². The Balaban J connectivity index is 2.18. The zero-order valence-corrected chi connectivity index (χ0v) is 15.7. The molecule has 5 nitrogen and oxygen atoms in total. The first kappa shape index (κ1) is 17.0. The number of fused-ring (bicyclic) bond motifs is 1. The summed E-state index contributed by atoms with van der Waals surface area (Å²) in [6.45, 7) is 1.93. The van der Waals surface area contributed by atoms with Gasteiger partial charge < -0.3 is 9.30 Å². The Hall–Kier alpha value is -1.83. The van der Waals surface area contributed by atoms with Gasteiger partial charge in [0.2, 0.25) is 4.80 Å². The highest BCUT2D eigenvalue weighted by Gasteiger charge is 2.15. The summed E-state index contributed by atoms with van der Waals surface area (Å²) in [5, 5.41) is 0.617. The van der Waals surface area contributed by atoms with Crippen LogP contribution in [0.3, 0.4) is 0 Å². The number of ether oxygens (including phenoxy) is 1. The Morgan fingerprint density at radius 1 is 1.21 bits per heavy atom. The molecule has 24 heavy (non-hydrogen) atoms. The highest BCUT2D eigenvalue weighted by atomic mass is 35.5. The van der Waals surface area contributed by atoms with Crippen LogP contribution in [0.15, 0.2) is 45.7 Å². The third kappa shape index (κ3) is 3.07. The Morgan fingerprint density at radius 2 is 1.88 bits per heavy atom. The second-order valence-corrected chi connectivity index (χ2v) is 8.30. The quantitative estimate of drug-likeness (QED) is 0.696. The third-order valence-corrected chi connectivity index (χ3v) is 6.30. The van der Waals surface area contributed by atoms with E-state index in [2.05, 4.69) is 4.40 Å². The van der Waals surface area contributed by atoms with Gasteiger partial charge in [-0.1, -0.05) is 22.9 Å². The fraction of sp³-hybridized carbons (Fsp3) is 0.188. The first-order valence-corrected chi connectivity index (χ1v) is 9.66. The van der Waals surface area contributed by atoms with Gasteiger partial charge in [0.1, 0.15) is 5.75 Å². The monoisotopic (exact) mass is 382 g/mol. The summed E-state index contributed by atoms with van der Waals surface area (Å²) in [6, 6.07) is 9.81. The van der Waals surface area contributed by atoms with Crippen LogP contribution in [0.1, 0.15) is 5.56 Å². The van der Waals surface area contributed by atoms with E-state index in [1.54, 1.807) is 23.7 Å². The van der Waals surface area contributed by atoms with E-state index in [0.717, 1.165) is 15.8 Å². The minimum Gasteiger partial charge on any atom is -0.497 e. The summed E-state index contributed by atoms with van der Waals surface area (Å²) in [4.78, 5) is 0.515. The maximum absolute atomic E-state index is 12.5. The molecule has 0 aliphatic heterocycles. The smallest absolute Gasteiger partial charge is 0.285 e. The van der Waals surface area contributed by atoms with E-state index in [0.29, 0.717) is 15.6 Å². The first-order valence-electron chi connectivity index (χ1n) is 7.02. The second-order valence-electron chi connectivity index (χ2n) is 5.25. The number of rotatable bonds is 3. The predicted molar refractivity (Wildman–Crippen MR) is 96.3 cm³/mol. The molecular formula is C16H15ClN2O3S2. The van der Waals surface area contributed by atoms with Crippen molar-refractivity contribution in [2.75, 3.05) is 7.11 Å². The maximum Gasteiger partial charge on any atom is 0.285 e. The predicted octanol–water partition coefficient (Wildman–Crippen LogP) is 3.50. The molecule has 1 heterocycles. The van der Waals surface area contributed by atoms with Crippen LogP contribution in [0.5, 0.6) is 5.75 Å². The average molecular weight is 383 g/mol. The third-order valence-electron chi connectivity index (χ3n) is 3.61. The Kier molecular flexibility index (Phi) is 4.42. The summed E-state index contributed by atoms with van der Waals surface area (Å²) in [5.41, 5.74) is 1.90. The zero-order valence-electron chi connectivity index (χ0n) is 13.3. The number of thiazole rings is 1. The lowest BCUT2D eigenvalue weighted by Crippen LogP contribution is -2.14. The maximum atomic E-state index is 12.5. The summed E-state index contributed by atoms with van der Waals surface area (Å²) in [6.07, 6.45) is 0. The van der Waals surface area contributed by atoms with Crippen molar-refractivity contribution < 1.29 is 13.2 Å². The van der Waals surface area contributed by atoms with Crippen molar-refractivity contribution in [2.24, 2.45) is 11.4 Å². The van der Waals surface area contributed by atoms with Crippen molar-refractivity contribution in [3.63, 3.8) is 0 Å². The van der Waals surface area contributed by atoms with Crippen LogP contribution >= 0.6 is 22.9 Å². The molecule has 0 bridgehead atoms. The Labute approximate surface area is 148 Å². The fourth-order valence-electron chi connectivity index (χ4n) is 2.46. The molecule has 0 fully saturated rings. The summed E-state index contributed by atoms with van der Waals surface area (Å²) < 4.78 is 36.8. The van der Waals surface area contributed by atoms with Gasteiger partial charge in [-0.15, -0.1) is 4.40 Å². The second kappa shape index (κ2) is 6.23. The van der Waals surface area contributed by atoms with Crippen LogP contribution in [-0.2, 0) is 17.1 Å². The molecule has 0 atom stereocenters. The van der Waals surface area contributed by atoms with Gasteiger partial charge in [0.25, 0.3) is 10.0 Å². The highest BCUT2D eigenvalue weighted by Crippen LogP contribution is 2.25. The van der Waals surface area contributed by atoms with Crippen molar-refractivity contribution in [3.8, 4) is 5.75 Å². The molecule has 0 saturated heterocycles. The van der Waals surface area contributed by atoms with Crippen molar-refractivity contribution in [3.05, 3.63) is 51.8 Å². The molecule has 3 rings (SSSR count). The summed E-state index contributed by atoms with van der Waals surface area (Å²) in [5.74, 6) is 0.589. The van der Waals surface area contributed by atoms with E-state index in [1.807, 2.05) is 19.1 Å². The first-order chi connectivity index (χ1) is 11.3. The molecule has 0 spiro atoms. The standard InChI is InChI=1S/C16H15ClN2O3S2/c1-10-8-11(17)9-14-15(10)19(2)16(23-14)18-24(20,21)13-6-4-12(22-3)5-7-13/h4-9H,1-3H3/b18-16-. The van der Waals surface area contributed by atoms with E-state index in [4.69, 9.17) is 16.3 Å². The molecule has 8 heteroatoms. The van der Waals surface area contributed by atoms with Gasteiger partial charge in [-0.2, -0.15) is 8.42 Å². The number of halogens is 1. The van der Waals surface area contributed by atoms with Crippen LogP contribution < -0.4 is 9.54 Å². The molecule has 3 aromatic rings. The van der Waals surface area contributed by atoms with E-state index in [1.165, 1.54) is 30.6 Å². The van der Waals surface area contributed by atoms with Crippen LogP contribution in [0.4, 0.5) is 0 Å². The lowest BCUT2D eigenvalue weighted by Gasteiger charge is -2.02. The largest absolute Gasteiger partial charge is 0.497 e. The number of benzene rings is 2. The van der Waals surface area contributed by atoms with Gasteiger partial charge >= 0.3 is 0 Å². The molecule has 0 saturated carbocycles. The number of methoxy groups -OCH3 is 1. The van der Waals surface area contributed by atoms with Crippen molar-refractivity contribution in [2.45, 2.75) is 11.8 Å². The Bertz CT molecular complexity index is 1080.